The predicted octanol–water partition coefficient (Wildman–Crippen LogP) is 3.64. The SMILES string of the molecule is COc1ccc2[nH]c3c(-c4ccccc4)c(NC(C)=O)c(=O)[nH]c3c2c1. The number of methoxy groups -OCH3 is 1. The number of carbonyl (C=O) groups is 1. The molecule has 0 atom stereocenters. The monoisotopic (exact) mass is 347 g/mol. The van der Waals surface area contributed by atoms with E-state index in [4.69, 9.17) is 4.74 Å². The van der Waals surface area contributed by atoms with Gasteiger partial charge in [-0.15, -0.1) is 0 Å². The van der Waals surface area contributed by atoms with Crippen molar-refractivity contribution in [3.8, 4) is 16.9 Å². The smallest absolute Gasteiger partial charge is 0.272 e. The largest absolute Gasteiger partial charge is 0.497 e. The van der Waals surface area contributed by atoms with E-state index in [2.05, 4.69) is 15.3 Å². The second kappa shape index (κ2) is 6.07. The van der Waals surface area contributed by atoms with E-state index in [1.807, 2.05) is 48.5 Å². The molecule has 0 saturated heterocycles. The summed E-state index contributed by atoms with van der Waals surface area (Å²) in [7, 11) is 1.60. The van der Waals surface area contributed by atoms with Crippen LogP contribution in [0.2, 0.25) is 0 Å². The fourth-order valence-electron chi connectivity index (χ4n) is 3.22. The summed E-state index contributed by atoms with van der Waals surface area (Å²) in [6, 6.07) is 15.1. The lowest BCUT2D eigenvalue weighted by molar-refractivity contribution is -0.114. The van der Waals surface area contributed by atoms with Gasteiger partial charge in [0, 0.05) is 23.4 Å². The number of carbonyl (C=O) groups excluding carboxylic acids is 1. The maximum Gasteiger partial charge on any atom is 0.272 e. The highest BCUT2D eigenvalue weighted by atomic mass is 16.5. The zero-order valence-electron chi connectivity index (χ0n) is 14.3. The number of benzene rings is 2. The molecule has 2 aromatic heterocycles. The summed E-state index contributed by atoms with van der Waals surface area (Å²) in [5.41, 5.74) is 3.68. The third kappa shape index (κ3) is 2.52. The number of aromatic amines is 2. The van der Waals surface area contributed by atoms with Crippen LogP contribution in [-0.2, 0) is 4.79 Å². The molecule has 0 saturated carbocycles. The highest BCUT2D eigenvalue weighted by molar-refractivity contribution is 6.13. The Morgan fingerprint density at radius 3 is 2.50 bits per heavy atom. The molecule has 2 heterocycles. The van der Waals surface area contributed by atoms with Gasteiger partial charge in [0.1, 0.15) is 11.4 Å². The number of H-pyrrole nitrogens is 2. The molecule has 0 aliphatic heterocycles. The van der Waals surface area contributed by atoms with Gasteiger partial charge < -0.3 is 20.0 Å². The van der Waals surface area contributed by atoms with Gasteiger partial charge in [-0.25, -0.2) is 0 Å². The summed E-state index contributed by atoms with van der Waals surface area (Å²) in [4.78, 5) is 30.6. The van der Waals surface area contributed by atoms with Gasteiger partial charge in [-0.05, 0) is 23.8 Å². The van der Waals surface area contributed by atoms with Crippen molar-refractivity contribution in [2.45, 2.75) is 6.92 Å². The molecule has 2 aromatic carbocycles. The Morgan fingerprint density at radius 2 is 1.81 bits per heavy atom. The first kappa shape index (κ1) is 16.0. The van der Waals surface area contributed by atoms with E-state index in [1.54, 1.807) is 7.11 Å². The number of nitrogens with one attached hydrogen (secondary N) is 3. The number of fused-ring (bicyclic) bond motifs is 3. The Kier molecular flexibility index (Phi) is 3.73. The fourth-order valence-corrected chi connectivity index (χ4v) is 3.22. The number of hydrogen-bond donors (Lipinski definition) is 3. The minimum atomic E-state index is -0.352. The average molecular weight is 347 g/mol. The molecule has 26 heavy (non-hydrogen) atoms. The molecule has 0 aliphatic rings. The van der Waals surface area contributed by atoms with Crippen molar-refractivity contribution in [2.24, 2.45) is 0 Å². The highest BCUT2D eigenvalue weighted by Crippen LogP contribution is 2.36. The van der Waals surface area contributed by atoms with Gasteiger partial charge in [0.05, 0.1) is 18.1 Å². The van der Waals surface area contributed by atoms with Crippen LogP contribution in [0, 0.1) is 0 Å². The normalized spacial score (nSPS) is 11.0. The molecule has 4 aromatic rings. The Labute approximate surface area is 148 Å². The summed E-state index contributed by atoms with van der Waals surface area (Å²) in [5.74, 6) is 0.399. The van der Waals surface area contributed by atoms with E-state index in [1.165, 1.54) is 6.92 Å². The Balaban J connectivity index is 2.15. The minimum absolute atomic E-state index is 0.231. The van der Waals surface area contributed by atoms with Gasteiger partial charge in [-0.1, -0.05) is 30.3 Å². The van der Waals surface area contributed by atoms with Crippen LogP contribution in [0.25, 0.3) is 33.1 Å². The van der Waals surface area contributed by atoms with Crippen LogP contribution in [0.5, 0.6) is 5.75 Å². The molecule has 0 aliphatic carbocycles. The maximum absolute atomic E-state index is 12.7. The van der Waals surface area contributed by atoms with Crippen LogP contribution in [-0.4, -0.2) is 23.0 Å². The molecule has 3 N–H and O–H groups in total. The quantitative estimate of drug-likeness (QED) is 0.529. The summed E-state index contributed by atoms with van der Waals surface area (Å²) < 4.78 is 5.30. The Bertz CT molecular complexity index is 1190. The van der Waals surface area contributed by atoms with Gasteiger partial charge in [0.15, 0.2) is 0 Å². The Hall–Kier alpha value is -3.54. The number of aromatic nitrogens is 2. The van der Waals surface area contributed by atoms with Crippen LogP contribution < -0.4 is 15.6 Å². The van der Waals surface area contributed by atoms with Crippen LogP contribution in [0.1, 0.15) is 6.92 Å². The molecule has 0 spiro atoms. The van der Waals surface area contributed by atoms with E-state index >= 15 is 0 Å². The van der Waals surface area contributed by atoms with Crippen LogP contribution in [0.3, 0.4) is 0 Å². The van der Waals surface area contributed by atoms with Gasteiger partial charge in [-0.2, -0.15) is 0 Å². The van der Waals surface area contributed by atoms with Crippen LogP contribution >= 0.6 is 0 Å². The fraction of sp³-hybridized carbons (Fsp3) is 0.100. The van der Waals surface area contributed by atoms with Crippen LogP contribution in [0.15, 0.2) is 53.3 Å². The molecule has 6 heteroatoms. The average Bonchev–Trinajstić information content (AvgIpc) is 2.99. The van der Waals surface area contributed by atoms with Crippen LogP contribution in [0.4, 0.5) is 5.69 Å². The maximum atomic E-state index is 12.7. The van der Waals surface area contributed by atoms with Crippen molar-refractivity contribution in [1.82, 2.24) is 9.97 Å². The van der Waals surface area contributed by atoms with Gasteiger partial charge >= 0.3 is 0 Å². The standard InChI is InChI=1S/C20H17N3O3/c1-11(24)21-19-16(12-6-4-3-5-7-12)18-17(23-20(19)25)14-10-13(26-2)8-9-15(14)22-18/h3-10,22H,1-2H3,(H,21,24)(H,23,25). The third-order valence-electron chi connectivity index (χ3n) is 4.33. The second-order valence-corrected chi connectivity index (χ2v) is 6.04. The molecular formula is C20H17N3O3. The minimum Gasteiger partial charge on any atom is -0.497 e. The van der Waals surface area contributed by atoms with E-state index in [0.717, 1.165) is 22.0 Å². The first-order valence-electron chi connectivity index (χ1n) is 8.17. The van der Waals surface area contributed by atoms with Crippen molar-refractivity contribution in [2.75, 3.05) is 12.4 Å². The third-order valence-corrected chi connectivity index (χ3v) is 4.33. The van der Waals surface area contributed by atoms with E-state index < -0.39 is 0 Å². The zero-order chi connectivity index (χ0) is 18.3. The van der Waals surface area contributed by atoms with E-state index in [0.29, 0.717) is 16.8 Å². The van der Waals surface area contributed by atoms with E-state index in [9.17, 15) is 9.59 Å². The lowest BCUT2D eigenvalue weighted by Crippen LogP contribution is -2.18. The molecule has 130 valence electrons. The second-order valence-electron chi connectivity index (χ2n) is 6.04. The lowest BCUT2D eigenvalue weighted by Gasteiger charge is -2.11. The highest BCUT2D eigenvalue weighted by Gasteiger charge is 2.19. The first-order valence-corrected chi connectivity index (χ1v) is 8.17. The number of anilines is 1. The van der Waals surface area contributed by atoms with Gasteiger partial charge in [0.2, 0.25) is 5.91 Å². The van der Waals surface area contributed by atoms with Crippen molar-refractivity contribution < 1.29 is 9.53 Å². The summed E-state index contributed by atoms with van der Waals surface area (Å²) in [6.07, 6.45) is 0. The lowest BCUT2D eigenvalue weighted by atomic mass is 10.0. The van der Waals surface area contributed by atoms with Gasteiger partial charge in [-0.3, -0.25) is 9.59 Å². The predicted molar refractivity (Wildman–Crippen MR) is 103 cm³/mol. The number of rotatable bonds is 3. The van der Waals surface area contributed by atoms with Crippen molar-refractivity contribution in [1.29, 1.82) is 0 Å². The molecule has 6 nitrogen and oxygen atoms in total. The number of hydrogen-bond acceptors (Lipinski definition) is 3. The molecule has 4 rings (SSSR count). The van der Waals surface area contributed by atoms with Crippen molar-refractivity contribution in [3.63, 3.8) is 0 Å². The zero-order valence-corrected chi connectivity index (χ0v) is 14.3. The summed E-state index contributed by atoms with van der Waals surface area (Å²) in [6.45, 7) is 1.38. The topological polar surface area (TPSA) is 87.0 Å². The number of ether oxygens (including phenoxy) is 1. The molecule has 0 bridgehead atoms. The van der Waals surface area contributed by atoms with Crippen molar-refractivity contribution in [3.05, 3.63) is 58.9 Å². The molecule has 0 unspecified atom stereocenters. The molecular weight excluding hydrogens is 330 g/mol. The van der Waals surface area contributed by atoms with Gasteiger partial charge in [0.25, 0.3) is 5.56 Å². The molecule has 0 fully saturated rings. The van der Waals surface area contributed by atoms with Crippen molar-refractivity contribution >= 4 is 33.5 Å². The summed E-state index contributed by atoms with van der Waals surface area (Å²) >= 11 is 0. The van der Waals surface area contributed by atoms with E-state index in [-0.39, 0.29) is 17.2 Å². The first-order chi connectivity index (χ1) is 12.6. The molecule has 0 radical (unpaired) electrons. The Morgan fingerprint density at radius 1 is 1.04 bits per heavy atom. The summed E-state index contributed by atoms with van der Waals surface area (Å²) in [5, 5.41) is 3.52. The number of pyridine rings is 1. The molecule has 1 amide bonds. The number of amides is 1.